The Balaban J connectivity index is 1.17. The molecule has 0 spiro atoms. The van der Waals surface area contributed by atoms with Crippen LogP contribution in [0.15, 0.2) is 103 Å². The summed E-state index contributed by atoms with van der Waals surface area (Å²) in [5.74, 6) is -0.926. The predicted octanol–water partition coefficient (Wildman–Crippen LogP) is 5.08. The van der Waals surface area contributed by atoms with Crippen molar-refractivity contribution in [1.82, 2.24) is 0 Å². The van der Waals surface area contributed by atoms with Crippen LogP contribution in [0.5, 0.6) is 11.5 Å². The number of hydrogen-bond donors (Lipinski definition) is 1. The summed E-state index contributed by atoms with van der Waals surface area (Å²) < 4.78 is 10.9. The topological polar surface area (TPSA) is 102 Å². The summed E-state index contributed by atoms with van der Waals surface area (Å²) >= 11 is 0. The smallest absolute Gasteiger partial charge is 0.338 e. The van der Waals surface area contributed by atoms with Gasteiger partial charge in [-0.25, -0.2) is 9.69 Å². The third kappa shape index (κ3) is 5.08. The van der Waals surface area contributed by atoms with Crippen LogP contribution in [0, 0.1) is 0 Å². The first kappa shape index (κ1) is 23.5. The Labute approximate surface area is 212 Å². The van der Waals surface area contributed by atoms with Crippen molar-refractivity contribution in [1.29, 1.82) is 0 Å². The highest BCUT2D eigenvalue weighted by molar-refractivity contribution is 6.34. The molecule has 0 aromatic heterocycles. The number of para-hydroxylation sites is 1. The van der Waals surface area contributed by atoms with E-state index in [1.165, 1.54) is 18.2 Å². The normalized spacial score (nSPS) is 12.2. The monoisotopic (exact) mass is 492 g/mol. The fraction of sp³-hybridized carbons (Fsp3) is 0.0345. The molecule has 8 nitrogen and oxygen atoms in total. The predicted molar refractivity (Wildman–Crippen MR) is 136 cm³/mol. The Kier molecular flexibility index (Phi) is 6.46. The molecule has 0 saturated heterocycles. The number of fused-ring (bicyclic) bond motifs is 1. The van der Waals surface area contributed by atoms with Crippen molar-refractivity contribution >= 4 is 35.1 Å². The van der Waals surface area contributed by atoms with Crippen LogP contribution >= 0.6 is 0 Å². The van der Waals surface area contributed by atoms with Crippen molar-refractivity contribution in [3.8, 4) is 11.5 Å². The molecule has 37 heavy (non-hydrogen) atoms. The van der Waals surface area contributed by atoms with Gasteiger partial charge in [-0.05, 0) is 66.7 Å². The van der Waals surface area contributed by atoms with Crippen LogP contribution in [0.2, 0.25) is 0 Å². The summed E-state index contributed by atoms with van der Waals surface area (Å²) in [7, 11) is 0. The van der Waals surface area contributed by atoms with Crippen LogP contribution in [0.3, 0.4) is 0 Å². The van der Waals surface area contributed by atoms with Gasteiger partial charge in [-0.15, -0.1) is 0 Å². The third-order valence-corrected chi connectivity index (χ3v) is 5.59. The van der Waals surface area contributed by atoms with Gasteiger partial charge in [-0.2, -0.15) is 0 Å². The molecule has 1 aliphatic rings. The highest BCUT2D eigenvalue weighted by Crippen LogP contribution is 2.29. The zero-order valence-corrected chi connectivity index (χ0v) is 19.4. The molecule has 0 aliphatic carbocycles. The molecule has 182 valence electrons. The first-order valence-corrected chi connectivity index (χ1v) is 11.4. The standard InChI is InChI=1S/C29H20N2O6/c32-26(30-20-13-15-23(16-14-20)37-22-9-2-1-3-10-22)18-36-29(35)19-7-6-8-21(17-19)31-27(33)24-11-4-5-12-25(24)28(31)34/h1-17H,18H2,(H,30,32). The third-order valence-electron chi connectivity index (χ3n) is 5.59. The average molecular weight is 492 g/mol. The Hall–Kier alpha value is -5.24. The Morgan fingerprint density at radius 1 is 0.703 bits per heavy atom. The number of imide groups is 1. The molecule has 0 saturated carbocycles. The number of amides is 3. The molecule has 0 radical (unpaired) electrons. The quantitative estimate of drug-likeness (QED) is 0.285. The molecule has 5 rings (SSSR count). The van der Waals surface area contributed by atoms with Gasteiger partial charge in [-0.3, -0.25) is 14.4 Å². The largest absolute Gasteiger partial charge is 0.457 e. The molecule has 1 N–H and O–H groups in total. The second-order valence-corrected chi connectivity index (χ2v) is 8.11. The maximum Gasteiger partial charge on any atom is 0.338 e. The van der Waals surface area contributed by atoms with Crippen molar-refractivity contribution < 1.29 is 28.7 Å². The first-order chi connectivity index (χ1) is 18.0. The van der Waals surface area contributed by atoms with Crippen molar-refractivity contribution in [3.63, 3.8) is 0 Å². The van der Waals surface area contributed by atoms with Gasteiger partial charge in [-0.1, -0.05) is 36.4 Å². The van der Waals surface area contributed by atoms with E-state index in [0.717, 1.165) is 4.90 Å². The number of esters is 1. The lowest BCUT2D eigenvalue weighted by Crippen LogP contribution is -2.29. The molecule has 4 aromatic carbocycles. The number of hydrogen-bond acceptors (Lipinski definition) is 6. The minimum atomic E-state index is -0.764. The maximum absolute atomic E-state index is 12.7. The summed E-state index contributed by atoms with van der Waals surface area (Å²) in [6.45, 7) is -0.516. The van der Waals surface area contributed by atoms with Gasteiger partial charge in [0.05, 0.1) is 22.4 Å². The zero-order valence-electron chi connectivity index (χ0n) is 19.4. The van der Waals surface area contributed by atoms with Crippen LogP contribution in [0.1, 0.15) is 31.1 Å². The number of carbonyl (C=O) groups excluding carboxylic acids is 4. The molecule has 1 heterocycles. The summed E-state index contributed by atoms with van der Waals surface area (Å²) in [5.41, 5.74) is 1.45. The van der Waals surface area contributed by atoms with Crippen LogP contribution in [0.25, 0.3) is 0 Å². The van der Waals surface area contributed by atoms with Crippen LogP contribution < -0.4 is 15.0 Å². The zero-order chi connectivity index (χ0) is 25.8. The van der Waals surface area contributed by atoms with Crippen molar-refractivity contribution in [2.45, 2.75) is 0 Å². The maximum atomic E-state index is 12.7. The van der Waals surface area contributed by atoms with Gasteiger partial charge in [0, 0.05) is 5.69 Å². The molecule has 3 amide bonds. The van der Waals surface area contributed by atoms with Gasteiger partial charge in [0.15, 0.2) is 6.61 Å². The van der Waals surface area contributed by atoms with Crippen molar-refractivity contribution in [2.75, 3.05) is 16.8 Å². The van der Waals surface area contributed by atoms with E-state index in [-0.39, 0.29) is 11.3 Å². The molecule has 0 atom stereocenters. The number of rotatable bonds is 7. The highest BCUT2D eigenvalue weighted by Gasteiger charge is 2.36. The van der Waals surface area contributed by atoms with Crippen LogP contribution in [0.4, 0.5) is 11.4 Å². The number of nitrogens with zero attached hydrogens (tertiary/aromatic N) is 1. The van der Waals surface area contributed by atoms with E-state index in [2.05, 4.69) is 5.32 Å². The minimum absolute atomic E-state index is 0.101. The molecule has 8 heteroatoms. The molecule has 1 aliphatic heterocycles. The van der Waals surface area contributed by atoms with E-state index in [1.54, 1.807) is 54.6 Å². The summed E-state index contributed by atoms with van der Waals surface area (Å²) in [4.78, 5) is 51.3. The Bertz CT molecular complexity index is 1460. The second kappa shape index (κ2) is 10.2. The number of anilines is 2. The average Bonchev–Trinajstić information content (AvgIpc) is 3.19. The SMILES string of the molecule is O=C(COC(=O)c1cccc(N2C(=O)c3ccccc3C2=O)c1)Nc1ccc(Oc2ccccc2)cc1. The lowest BCUT2D eigenvalue weighted by atomic mass is 10.1. The summed E-state index contributed by atoms with van der Waals surface area (Å²) in [6.07, 6.45) is 0. The van der Waals surface area contributed by atoms with Gasteiger partial charge < -0.3 is 14.8 Å². The molecule has 0 fully saturated rings. The van der Waals surface area contributed by atoms with Crippen molar-refractivity contribution in [3.05, 3.63) is 120 Å². The Morgan fingerprint density at radius 3 is 2.00 bits per heavy atom. The fourth-order valence-electron chi connectivity index (χ4n) is 3.84. The molecule has 0 unspecified atom stereocenters. The van der Waals surface area contributed by atoms with E-state index in [1.807, 2.05) is 30.3 Å². The lowest BCUT2D eigenvalue weighted by molar-refractivity contribution is -0.119. The molecule has 4 aromatic rings. The van der Waals surface area contributed by atoms with Crippen molar-refractivity contribution in [2.24, 2.45) is 0 Å². The summed E-state index contributed by atoms with van der Waals surface area (Å²) in [5, 5.41) is 2.65. The van der Waals surface area contributed by atoms with E-state index in [9.17, 15) is 19.2 Å². The van der Waals surface area contributed by atoms with E-state index >= 15 is 0 Å². The lowest BCUT2D eigenvalue weighted by Gasteiger charge is -2.15. The van der Waals surface area contributed by atoms with Crippen LogP contribution in [-0.4, -0.2) is 30.3 Å². The van der Waals surface area contributed by atoms with Gasteiger partial charge >= 0.3 is 5.97 Å². The number of carbonyl (C=O) groups is 4. The second-order valence-electron chi connectivity index (χ2n) is 8.11. The number of ether oxygens (including phenoxy) is 2. The van der Waals surface area contributed by atoms with E-state index in [4.69, 9.17) is 9.47 Å². The van der Waals surface area contributed by atoms with Crippen LogP contribution in [-0.2, 0) is 9.53 Å². The molecular weight excluding hydrogens is 472 g/mol. The van der Waals surface area contributed by atoms with Gasteiger partial charge in [0.2, 0.25) is 0 Å². The minimum Gasteiger partial charge on any atom is -0.457 e. The van der Waals surface area contributed by atoms with Gasteiger partial charge in [0.25, 0.3) is 17.7 Å². The highest BCUT2D eigenvalue weighted by atomic mass is 16.5. The summed E-state index contributed by atoms with van der Waals surface area (Å²) in [6, 6.07) is 28.5. The van der Waals surface area contributed by atoms with E-state index < -0.39 is 30.3 Å². The van der Waals surface area contributed by atoms with E-state index in [0.29, 0.717) is 28.3 Å². The Morgan fingerprint density at radius 2 is 1.32 bits per heavy atom. The first-order valence-electron chi connectivity index (χ1n) is 11.4. The molecular formula is C29H20N2O6. The fourth-order valence-corrected chi connectivity index (χ4v) is 3.84. The van der Waals surface area contributed by atoms with Gasteiger partial charge in [0.1, 0.15) is 11.5 Å². The number of benzene rings is 4. The molecule has 0 bridgehead atoms. The number of nitrogens with one attached hydrogen (secondary N) is 1.